The monoisotopic (exact) mass is 339 g/mol. The first kappa shape index (κ1) is 16.9. The van der Waals surface area contributed by atoms with Gasteiger partial charge in [-0.15, -0.1) is 0 Å². The number of carbonyl (C=O) groups is 2. The maximum absolute atomic E-state index is 12.8. The van der Waals surface area contributed by atoms with Gasteiger partial charge >= 0.3 is 0 Å². The summed E-state index contributed by atoms with van der Waals surface area (Å²) in [5.74, 6) is 0.668. The van der Waals surface area contributed by atoms with Crippen LogP contribution < -0.4 is 10.2 Å². The van der Waals surface area contributed by atoms with Gasteiger partial charge < -0.3 is 15.1 Å². The summed E-state index contributed by atoms with van der Waals surface area (Å²) in [6.07, 6.45) is 3.71. The van der Waals surface area contributed by atoms with Gasteiger partial charge in [0.1, 0.15) is 5.82 Å². The van der Waals surface area contributed by atoms with Crippen LogP contribution in [0.5, 0.6) is 0 Å². The molecule has 1 saturated heterocycles. The van der Waals surface area contributed by atoms with E-state index in [1.807, 2.05) is 37.2 Å². The predicted octanol–water partition coefficient (Wildman–Crippen LogP) is 1.17. The Hall–Kier alpha value is -2.96. The number of anilines is 1. The Balaban J connectivity index is 1.85. The van der Waals surface area contributed by atoms with Crippen LogP contribution >= 0.6 is 0 Å². The van der Waals surface area contributed by atoms with Crippen molar-refractivity contribution < 1.29 is 9.59 Å². The van der Waals surface area contributed by atoms with Gasteiger partial charge in [-0.05, 0) is 12.1 Å². The lowest BCUT2D eigenvalue weighted by atomic mass is 10.1. The highest BCUT2D eigenvalue weighted by Gasteiger charge is 2.20. The second-order valence-electron chi connectivity index (χ2n) is 6.13. The Morgan fingerprint density at radius 2 is 2.08 bits per heavy atom. The van der Waals surface area contributed by atoms with Crippen molar-refractivity contribution in [2.75, 3.05) is 38.6 Å². The van der Waals surface area contributed by atoms with Gasteiger partial charge in [-0.3, -0.25) is 14.6 Å². The van der Waals surface area contributed by atoms with E-state index in [1.165, 1.54) is 0 Å². The van der Waals surface area contributed by atoms with Crippen molar-refractivity contribution >= 4 is 17.6 Å². The summed E-state index contributed by atoms with van der Waals surface area (Å²) in [5, 5.41) is 2.78. The molecule has 0 spiro atoms. The summed E-state index contributed by atoms with van der Waals surface area (Å²) in [6, 6.07) is 7.36. The van der Waals surface area contributed by atoms with Crippen LogP contribution in [0.4, 0.5) is 5.82 Å². The van der Waals surface area contributed by atoms with Gasteiger partial charge in [0.2, 0.25) is 5.91 Å². The Labute approximate surface area is 146 Å². The highest BCUT2D eigenvalue weighted by molar-refractivity contribution is 5.95. The fourth-order valence-corrected chi connectivity index (χ4v) is 2.67. The number of nitrogens with one attached hydrogen (secondary N) is 1. The highest BCUT2D eigenvalue weighted by atomic mass is 16.2. The van der Waals surface area contributed by atoms with Crippen molar-refractivity contribution in [3.8, 4) is 11.3 Å². The fourth-order valence-electron chi connectivity index (χ4n) is 2.67. The number of aromatic nitrogens is 2. The van der Waals surface area contributed by atoms with Crippen molar-refractivity contribution in [2.45, 2.75) is 6.42 Å². The molecule has 0 aliphatic carbocycles. The fraction of sp³-hybridized carbons (Fsp3) is 0.333. The summed E-state index contributed by atoms with van der Waals surface area (Å²) < 4.78 is 0. The molecule has 1 aromatic heterocycles. The van der Waals surface area contributed by atoms with Gasteiger partial charge in [0, 0.05) is 51.3 Å². The zero-order chi connectivity index (χ0) is 17.8. The minimum Gasteiger partial charge on any atom is -0.361 e. The molecule has 130 valence electrons. The third kappa shape index (κ3) is 3.93. The van der Waals surface area contributed by atoms with Crippen LogP contribution in [0.1, 0.15) is 16.8 Å². The number of nitrogens with zero attached hydrogens (tertiary/aromatic N) is 4. The van der Waals surface area contributed by atoms with E-state index in [4.69, 9.17) is 0 Å². The van der Waals surface area contributed by atoms with Crippen molar-refractivity contribution in [1.82, 2.24) is 20.2 Å². The molecule has 1 aromatic carbocycles. The first-order valence-corrected chi connectivity index (χ1v) is 8.20. The number of amides is 2. The van der Waals surface area contributed by atoms with Gasteiger partial charge in [0.15, 0.2) is 0 Å². The summed E-state index contributed by atoms with van der Waals surface area (Å²) in [5.41, 5.74) is 2.14. The van der Waals surface area contributed by atoms with Gasteiger partial charge in [-0.25, -0.2) is 4.98 Å². The average molecular weight is 339 g/mol. The molecule has 1 aliphatic heterocycles. The quantitative estimate of drug-likeness (QED) is 0.908. The molecule has 25 heavy (non-hydrogen) atoms. The van der Waals surface area contributed by atoms with E-state index in [9.17, 15) is 9.59 Å². The summed E-state index contributed by atoms with van der Waals surface area (Å²) in [4.78, 5) is 36.6. The highest BCUT2D eigenvalue weighted by Crippen LogP contribution is 2.20. The normalized spacial score (nSPS) is 14.6. The minimum atomic E-state index is -0.0740. The second kappa shape index (κ2) is 7.29. The Kier molecular flexibility index (Phi) is 4.92. The lowest BCUT2D eigenvalue weighted by molar-refractivity contribution is -0.120. The molecule has 1 N–H and O–H groups in total. The lowest BCUT2D eigenvalue weighted by Crippen LogP contribution is -2.34. The number of hydrogen-bond donors (Lipinski definition) is 1. The molecule has 7 heteroatoms. The number of benzene rings is 1. The number of rotatable bonds is 3. The third-order valence-corrected chi connectivity index (χ3v) is 4.09. The molecule has 0 bridgehead atoms. The first-order chi connectivity index (χ1) is 12.0. The number of carbonyl (C=O) groups excluding carboxylic acids is 2. The van der Waals surface area contributed by atoms with E-state index in [2.05, 4.69) is 15.3 Å². The van der Waals surface area contributed by atoms with E-state index in [0.717, 1.165) is 11.4 Å². The standard InChI is InChI=1S/C18H21N5O2/c1-22(2)16-12-19-11-15(21-16)13-4-3-5-14(10-13)18(25)23-8-6-17(24)20-7-9-23/h3-5,10-12H,6-9H2,1-2H3,(H,20,24). The second-order valence-corrected chi connectivity index (χ2v) is 6.13. The summed E-state index contributed by atoms with van der Waals surface area (Å²) in [7, 11) is 3.81. The third-order valence-electron chi connectivity index (χ3n) is 4.09. The largest absolute Gasteiger partial charge is 0.361 e. The van der Waals surface area contributed by atoms with Crippen molar-refractivity contribution in [2.24, 2.45) is 0 Å². The molecule has 7 nitrogen and oxygen atoms in total. The van der Waals surface area contributed by atoms with Crippen molar-refractivity contribution in [3.05, 3.63) is 42.2 Å². The molecular weight excluding hydrogens is 318 g/mol. The molecule has 1 fully saturated rings. The van der Waals surface area contributed by atoms with Gasteiger partial charge in [0.05, 0.1) is 18.1 Å². The molecule has 2 amide bonds. The molecule has 0 atom stereocenters. The minimum absolute atomic E-state index is 0.0141. The molecule has 0 unspecified atom stereocenters. The van der Waals surface area contributed by atoms with E-state index < -0.39 is 0 Å². The molecule has 3 rings (SSSR count). The number of hydrogen-bond acceptors (Lipinski definition) is 5. The van der Waals surface area contributed by atoms with Gasteiger partial charge in [-0.1, -0.05) is 12.1 Å². The van der Waals surface area contributed by atoms with Gasteiger partial charge in [-0.2, -0.15) is 0 Å². The molecule has 2 heterocycles. The van der Waals surface area contributed by atoms with Crippen molar-refractivity contribution in [1.29, 1.82) is 0 Å². The maximum atomic E-state index is 12.8. The summed E-state index contributed by atoms with van der Waals surface area (Å²) >= 11 is 0. The van der Waals surface area contributed by atoms with E-state index in [-0.39, 0.29) is 11.8 Å². The van der Waals surface area contributed by atoms with Crippen LogP contribution in [-0.2, 0) is 4.79 Å². The lowest BCUT2D eigenvalue weighted by Gasteiger charge is -2.20. The SMILES string of the molecule is CN(C)c1cncc(-c2cccc(C(=O)N3CCNC(=O)CC3)c2)n1. The molecule has 2 aromatic rings. The Morgan fingerprint density at radius 3 is 2.88 bits per heavy atom. The van der Waals surface area contributed by atoms with Crippen molar-refractivity contribution in [3.63, 3.8) is 0 Å². The van der Waals surface area contributed by atoms with Crippen LogP contribution in [-0.4, -0.2) is 60.4 Å². The topological polar surface area (TPSA) is 78.4 Å². The first-order valence-electron chi connectivity index (χ1n) is 8.20. The van der Waals surface area contributed by atoms with E-state index in [1.54, 1.807) is 23.4 Å². The smallest absolute Gasteiger partial charge is 0.253 e. The van der Waals surface area contributed by atoms with Crippen LogP contribution in [0.15, 0.2) is 36.7 Å². The van der Waals surface area contributed by atoms with Crippen LogP contribution in [0, 0.1) is 0 Å². The molecular formula is C18H21N5O2. The van der Waals surface area contributed by atoms with E-state index in [0.29, 0.717) is 37.3 Å². The van der Waals surface area contributed by atoms with Crippen LogP contribution in [0.2, 0.25) is 0 Å². The molecule has 0 radical (unpaired) electrons. The van der Waals surface area contributed by atoms with Crippen LogP contribution in [0.25, 0.3) is 11.3 Å². The molecule has 0 saturated carbocycles. The zero-order valence-corrected chi connectivity index (χ0v) is 14.4. The average Bonchev–Trinajstić information content (AvgIpc) is 2.86. The maximum Gasteiger partial charge on any atom is 0.253 e. The van der Waals surface area contributed by atoms with E-state index >= 15 is 0 Å². The molecule has 1 aliphatic rings. The van der Waals surface area contributed by atoms with Crippen LogP contribution in [0.3, 0.4) is 0 Å². The summed E-state index contributed by atoms with van der Waals surface area (Å²) in [6.45, 7) is 1.44. The Bertz CT molecular complexity index is 791. The zero-order valence-electron chi connectivity index (χ0n) is 14.4. The predicted molar refractivity (Wildman–Crippen MR) is 95.3 cm³/mol. The Morgan fingerprint density at radius 1 is 1.24 bits per heavy atom. The van der Waals surface area contributed by atoms with Gasteiger partial charge in [0.25, 0.3) is 5.91 Å².